The first kappa shape index (κ1) is 14.1. The van der Waals surface area contributed by atoms with Crippen LogP contribution >= 0.6 is 11.6 Å². The number of methoxy groups -OCH3 is 1. The highest BCUT2D eigenvalue weighted by molar-refractivity contribution is 6.33. The van der Waals surface area contributed by atoms with Crippen molar-refractivity contribution in [1.82, 2.24) is 0 Å². The maximum absolute atomic E-state index is 9.25. The normalized spacial score (nSPS) is 12.5. The van der Waals surface area contributed by atoms with E-state index in [0.29, 0.717) is 17.3 Å². The Kier molecular flexibility index (Phi) is 5.55. The van der Waals surface area contributed by atoms with Crippen molar-refractivity contribution < 1.29 is 9.84 Å². The van der Waals surface area contributed by atoms with Gasteiger partial charge in [0.25, 0.3) is 0 Å². The summed E-state index contributed by atoms with van der Waals surface area (Å²) < 4.78 is 4.99. The molecule has 1 unspecified atom stereocenters. The van der Waals surface area contributed by atoms with E-state index in [1.165, 1.54) is 0 Å². The maximum atomic E-state index is 9.25. The standard InChI is InChI=1S/C12H19ClN2O2/c1-8-5-11(14)10(13)6-12(8)15-9(7-16)3-4-17-2/h5-6,9,15-16H,3-4,7,14H2,1-2H3. The van der Waals surface area contributed by atoms with Gasteiger partial charge in [-0.05, 0) is 31.0 Å². The highest BCUT2D eigenvalue weighted by Gasteiger charge is 2.10. The summed E-state index contributed by atoms with van der Waals surface area (Å²) in [7, 11) is 1.64. The molecule has 4 nitrogen and oxygen atoms in total. The van der Waals surface area contributed by atoms with E-state index >= 15 is 0 Å². The molecular weight excluding hydrogens is 240 g/mol. The van der Waals surface area contributed by atoms with Gasteiger partial charge in [-0.3, -0.25) is 0 Å². The first-order valence-corrected chi connectivity index (χ1v) is 5.88. The number of benzene rings is 1. The topological polar surface area (TPSA) is 67.5 Å². The Morgan fingerprint density at radius 2 is 2.24 bits per heavy atom. The molecule has 96 valence electrons. The highest BCUT2D eigenvalue weighted by Crippen LogP contribution is 2.27. The third-order valence-electron chi connectivity index (χ3n) is 2.59. The molecule has 0 amide bonds. The highest BCUT2D eigenvalue weighted by atomic mass is 35.5. The van der Waals surface area contributed by atoms with Gasteiger partial charge in [0.2, 0.25) is 0 Å². The second-order valence-corrected chi connectivity index (χ2v) is 4.40. The minimum Gasteiger partial charge on any atom is -0.398 e. The van der Waals surface area contributed by atoms with Crippen molar-refractivity contribution in [3.8, 4) is 0 Å². The van der Waals surface area contributed by atoms with Crippen LogP contribution < -0.4 is 11.1 Å². The monoisotopic (exact) mass is 258 g/mol. The average molecular weight is 259 g/mol. The summed E-state index contributed by atoms with van der Waals surface area (Å²) in [5, 5.41) is 13.0. The second kappa shape index (κ2) is 6.69. The van der Waals surface area contributed by atoms with Crippen LogP contribution in [-0.2, 0) is 4.74 Å². The molecule has 0 heterocycles. The third-order valence-corrected chi connectivity index (χ3v) is 2.92. The summed E-state index contributed by atoms with van der Waals surface area (Å²) in [5.74, 6) is 0. The summed E-state index contributed by atoms with van der Waals surface area (Å²) in [6.45, 7) is 2.59. The van der Waals surface area contributed by atoms with E-state index in [4.69, 9.17) is 22.1 Å². The minimum absolute atomic E-state index is 0.0464. The molecule has 0 spiro atoms. The van der Waals surface area contributed by atoms with Crippen molar-refractivity contribution in [3.63, 3.8) is 0 Å². The number of aryl methyl sites for hydroxylation is 1. The molecule has 0 aromatic heterocycles. The number of anilines is 2. The molecule has 0 aliphatic rings. The minimum atomic E-state index is -0.0478. The van der Waals surface area contributed by atoms with Crippen LogP contribution in [0.15, 0.2) is 12.1 Å². The summed E-state index contributed by atoms with van der Waals surface area (Å²) in [6.07, 6.45) is 0.731. The van der Waals surface area contributed by atoms with Crippen LogP contribution in [0.4, 0.5) is 11.4 Å². The molecule has 0 saturated heterocycles. The zero-order chi connectivity index (χ0) is 12.8. The predicted octanol–water partition coefficient (Wildman–Crippen LogP) is 2.04. The van der Waals surface area contributed by atoms with Crippen LogP contribution in [0.25, 0.3) is 0 Å². The Labute approximate surface area is 107 Å². The van der Waals surface area contributed by atoms with Gasteiger partial charge in [0, 0.05) is 19.4 Å². The Hall–Kier alpha value is -0.970. The predicted molar refractivity (Wildman–Crippen MR) is 71.6 cm³/mol. The van der Waals surface area contributed by atoms with Gasteiger partial charge in [-0.15, -0.1) is 0 Å². The number of rotatable bonds is 6. The average Bonchev–Trinajstić information content (AvgIpc) is 2.30. The smallest absolute Gasteiger partial charge is 0.0656 e. The molecule has 0 fully saturated rings. The van der Waals surface area contributed by atoms with Gasteiger partial charge in [0.1, 0.15) is 0 Å². The van der Waals surface area contributed by atoms with Gasteiger partial charge in [-0.25, -0.2) is 0 Å². The lowest BCUT2D eigenvalue weighted by Gasteiger charge is -2.19. The van der Waals surface area contributed by atoms with Crippen LogP contribution in [0, 0.1) is 6.92 Å². The SMILES string of the molecule is COCCC(CO)Nc1cc(Cl)c(N)cc1C. The largest absolute Gasteiger partial charge is 0.398 e. The van der Waals surface area contributed by atoms with Crippen LogP contribution in [0.1, 0.15) is 12.0 Å². The molecule has 5 heteroatoms. The Bertz CT molecular complexity index is 372. The van der Waals surface area contributed by atoms with E-state index in [-0.39, 0.29) is 12.6 Å². The zero-order valence-corrected chi connectivity index (χ0v) is 10.9. The van der Waals surface area contributed by atoms with Crippen molar-refractivity contribution in [1.29, 1.82) is 0 Å². The van der Waals surface area contributed by atoms with Crippen LogP contribution in [0.2, 0.25) is 5.02 Å². The number of nitrogens with two attached hydrogens (primary N) is 1. The van der Waals surface area contributed by atoms with Gasteiger partial charge in [0.15, 0.2) is 0 Å². The van der Waals surface area contributed by atoms with E-state index in [2.05, 4.69) is 5.32 Å². The first-order chi connectivity index (χ1) is 8.08. The fourth-order valence-corrected chi connectivity index (χ4v) is 1.71. The van der Waals surface area contributed by atoms with Crippen molar-refractivity contribution in [3.05, 3.63) is 22.7 Å². The molecule has 1 aromatic rings. The van der Waals surface area contributed by atoms with Gasteiger partial charge < -0.3 is 20.9 Å². The fourth-order valence-electron chi connectivity index (χ4n) is 1.55. The molecule has 17 heavy (non-hydrogen) atoms. The number of aliphatic hydroxyl groups excluding tert-OH is 1. The van der Waals surface area contributed by atoms with E-state index < -0.39 is 0 Å². The van der Waals surface area contributed by atoms with Gasteiger partial charge in [0.05, 0.1) is 23.4 Å². The summed E-state index contributed by atoms with van der Waals surface area (Å²) in [6, 6.07) is 3.55. The van der Waals surface area contributed by atoms with E-state index in [1.54, 1.807) is 13.2 Å². The Morgan fingerprint density at radius 3 is 2.82 bits per heavy atom. The number of hydrogen-bond acceptors (Lipinski definition) is 4. The summed E-state index contributed by atoms with van der Waals surface area (Å²) >= 11 is 5.96. The van der Waals surface area contributed by atoms with Crippen molar-refractivity contribution in [2.24, 2.45) is 0 Å². The van der Waals surface area contributed by atoms with Gasteiger partial charge in [-0.1, -0.05) is 11.6 Å². The summed E-state index contributed by atoms with van der Waals surface area (Å²) in [4.78, 5) is 0. The van der Waals surface area contributed by atoms with Crippen molar-refractivity contribution in [2.75, 3.05) is 31.4 Å². The first-order valence-electron chi connectivity index (χ1n) is 5.50. The number of nitrogen functional groups attached to an aromatic ring is 1. The number of aliphatic hydroxyl groups is 1. The van der Waals surface area contributed by atoms with Gasteiger partial charge in [-0.2, -0.15) is 0 Å². The van der Waals surface area contributed by atoms with E-state index in [1.807, 2.05) is 13.0 Å². The molecule has 0 bridgehead atoms. The van der Waals surface area contributed by atoms with Crippen LogP contribution in [0.5, 0.6) is 0 Å². The second-order valence-electron chi connectivity index (χ2n) is 3.99. The quantitative estimate of drug-likeness (QED) is 0.683. The van der Waals surface area contributed by atoms with Crippen molar-refractivity contribution >= 4 is 23.0 Å². The lowest BCUT2D eigenvalue weighted by Crippen LogP contribution is -2.25. The molecule has 1 rings (SSSR count). The Balaban J connectivity index is 2.75. The van der Waals surface area contributed by atoms with Gasteiger partial charge >= 0.3 is 0 Å². The molecule has 0 radical (unpaired) electrons. The molecular formula is C12H19ClN2O2. The van der Waals surface area contributed by atoms with Crippen molar-refractivity contribution in [2.45, 2.75) is 19.4 Å². The number of ether oxygens (including phenoxy) is 1. The fraction of sp³-hybridized carbons (Fsp3) is 0.500. The molecule has 0 saturated carbocycles. The lowest BCUT2D eigenvalue weighted by atomic mass is 10.1. The van der Waals surface area contributed by atoms with E-state index in [9.17, 15) is 5.11 Å². The number of nitrogens with one attached hydrogen (secondary N) is 1. The Morgan fingerprint density at radius 1 is 1.53 bits per heavy atom. The molecule has 1 aromatic carbocycles. The molecule has 0 aliphatic carbocycles. The molecule has 1 atom stereocenters. The maximum Gasteiger partial charge on any atom is 0.0656 e. The van der Waals surface area contributed by atoms with Crippen LogP contribution in [-0.4, -0.2) is 31.5 Å². The lowest BCUT2D eigenvalue weighted by molar-refractivity contribution is 0.174. The zero-order valence-electron chi connectivity index (χ0n) is 10.2. The van der Waals surface area contributed by atoms with E-state index in [0.717, 1.165) is 17.7 Å². The number of halogens is 1. The number of hydrogen-bond donors (Lipinski definition) is 3. The van der Waals surface area contributed by atoms with Crippen LogP contribution in [0.3, 0.4) is 0 Å². The molecule has 4 N–H and O–H groups in total. The summed E-state index contributed by atoms with van der Waals surface area (Å²) in [5.41, 5.74) is 8.16. The third kappa shape index (κ3) is 4.07. The molecule has 0 aliphatic heterocycles.